The minimum atomic E-state index is -0.212. The van der Waals surface area contributed by atoms with Gasteiger partial charge in [-0.15, -0.1) is 0 Å². The summed E-state index contributed by atoms with van der Waals surface area (Å²) < 4.78 is 10.8. The zero-order chi connectivity index (χ0) is 17.7. The Kier molecular flexibility index (Phi) is 2.58. The molecule has 0 aromatic heterocycles. The molecule has 136 valence electrons. The Balaban J connectivity index is 1.57. The third kappa shape index (κ3) is 1.34. The van der Waals surface area contributed by atoms with E-state index in [0.29, 0.717) is 5.92 Å². The van der Waals surface area contributed by atoms with E-state index < -0.39 is 0 Å². The van der Waals surface area contributed by atoms with Crippen molar-refractivity contribution in [3.8, 4) is 5.75 Å². The molecule has 2 bridgehead atoms. The van der Waals surface area contributed by atoms with Gasteiger partial charge in [0, 0.05) is 24.0 Å². The molecule has 3 fully saturated rings. The second-order valence-electron chi connectivity index (χ2n) is 8.54. The van der Waals surface area contributed by atoms with E-state index in [4.69, 9.17) is 9.47 Å². The van der Waals surface area contributed by atoms with Crippen LogP contribution in [0.2, 0.25) is 0 Å². The molecular formula is C21H24N2O3. The van der Waals surface area contributed by atoms with Crippen LogP contribution in [0.5, 0.6) is 5.75 Å². The number of amides is 1. The van der Waals surface area contributed by atoms with E-state index in [9.17, 15) is 4.79 Å². The molecule has 6 rings (SSSR count). The van der Waals surface area contributed by atoms with Crippen LogP contribution in [0.4, 0.5) is 10.5 Å². The minimum Gasteiger partial charge on any atom is -0.497 e. The second-order valence-corrected chi connectivity index (χ2v) is 8.54. The SMILES string of the molecule is COC(=O)N1c2ccc(OC)cc2[C@]23CCN4CC=C[C@]45CC[C@]12[C@@H]3C5. The third-order valence-electron chi connectivity index (χ3n) is 8.20. The highest BCUT2D eigenvalue weighted by Crippen LogP contribution is 2.81. The van der Waals surface area contributed by atoms with Crippen LogP contribution in [-0.4, -0.2) is 49.4 Å². The van der Waals surface area contributed by atoms with Crippen molar-refractivity contribution in [2.45, 2.75) is 42.2 Å². The van der Waals surface area contributed by atoms with Crippen LogP contribution >= 0.6 is 0 Å². The fourth-order valence-electron chi connectivity index (χ4n) is 7.20. The van der Waals surface area contributed by atoms with Gasteiger partial charge in [-0.3, -0.25) is 9.80 Å². The first-order valence-corrected chi connectivity index (χ1v) is 9.62. The van der Waals surface area contributed by atoms with Crippen LogP contribution in [-0.2, 0) is 10.2 Å². The largest absolute Gasteiger partial charge is 0.497 e. The zero-order valence-corrected chi connectivity index (χ0v) is 15.3. The summed E-state index contributed by atoms with van der Waals surface area (Å²) in [5, 5.41) is 0. The first-order chi connectivity index (χ1) is 12.6. The van der Waals surface area contributed by atoms with E-state index in [1.165, 1.54) is 12.7 Å². The summed E-state index contributed by atoms with van der Waals surface area (Å²) >= 11 is 0. The van der Waals surface area contributed by atoms with Crippen LogP contribution in [0.15, 0.2) is 30.4 Å². The van der Waals surface area contributed by atoms with Gasteiger partial charge in [-0.2, -0.15) is 0 Å². The van der Waals surface area contributed by atoms with E-state index >= 15 is 0 Å². The molecule has 5 heteroatoms. The number of anilines is 1. The van der Waals surface area contributed by atoms with Crippen molar-refractivity contribution in [3.05, 3.63) is 35.9 Å². The molecule has 1 amide bonds. The average molecular weight is 352 g/mol. The Morgan fingerprint density at radius 1 is 1.23 bits per heavy atom. The van der Waals surface area contributed by atoms with Gasteiger partial charge >= 0.3 is 6.09 Å². The molecule has 3 spiro atoms. The number of carbonyl (C=O) groups is 1. The fourth-order valence-corrected chi connectivity index (χ4v) is 7.20. The van der Waals surface area contributed by atoms with Crippen molar-refractivity contribution < 1.29 is 14.3 Å². The molecule has 4 atom stereocenters. The maximum atomic E-state index is 12.8. The van der Waals surface area contributed by atoms with E-state index in [1.54, 1.807) is 7.11 Å². The van der Waals surface area contributed by atoms with Gasteiger partial charge in [0.2, 0.25) is 0 Å². The topological polar surface area (TPSA) is 42.0 Å². The lowest BCUT2D eigenvalue weighted by Gasteiger charge is -2.45. The van der Waals surface area contributed by atoms with Crippen molar-refractivity contribution in [1.29, 1.82) is 0 Å². The van der Waals surface area contributed by atoms with Gasteiger partial charge < -0.3 is 9.47 Å². The highest BCUT2D eigenvalue weighted by atomic mass is 16.5. The number of nitrogens with zero attached hydrogens (tertiary/aromatic N) is 2. The van der Waals surface area contributed by atoms with Crippen LogP contribution in [0.1, 0.15) is 31.2 Å². The quantitative estimate of drug-likeness (QED) is 0.729. The van der Waals surface area contributed by atoms with Gasteiger partial charge in [-0.25, -0.2) is 4.79 Å². The Hall–Kier alpha value is -2.01. The molecule has 26 heavy (non-hydrogen) atoms. The maximum absolute atomic E-state index is 12.8. The predicted molar refractivity (Wildman–Crippen MR) is 97.7 cm³/mol. The average Bonchev–Trinajstić information content (AvgIpc) is 2.97. The monoisotopic (exact) mass is 352 g/mol. The summed E-state index contributed by atoms with van der Waals surface area (Å²) in [7, 11) is 3.21. The fraction of sp³-hybridized carbons (Fsp3) is 0.571. The van der Waals surface area contributed by atoms with Gasteiger partial charge in [-0.1, -0.05) is 12.2 Å². The standard InChI is InChI=1S/C21H24N2O3/c1-25-14-4-5-16-15(12-14)20-9-11-22-10-3-6-19(22)7-8-21(20,17(20)13-19)23(16)18(24)26-2/h3-6,12,17H,7-11,13H2,1-2H3/t17-,19-,20+,21-/m1/s1. The zero-order valence-electron chi connectivity index (χ0n) is 15.3. The number of ether oxygens (including phenoxy) is 2. The lowest BCUT2D eigenvalue weighted by molar-refractivity contribution is 0.104. The number of rotatable bonds is 1. The smallest absolute Gasteiger partial charge is 0.414 e. The van der Waals surface area contributed by atoms with Crippen molar-refractivity contribution in [2.24, 2.45) is 5.92 Å². The molecule has 0 unspecified atom stereocenters. The molecule has 5 aliphatic rings. The summed E-state index contributed by atoms with van der Waals surface area (Å²) in [6.45, 7) is 2.17. The van der Waals surface area contributed by atoms with Gasteiger partial charge in [0.15, 0.2) is 0 Å². The molecule has 1 aromatic rings. The van der Waals surface area contributed by atoms with Crippen molar-refractivity contribution in [2.75, 3.05) is 32.2 Å². The molecule has 3 heterocycles. The lowest BCUT2D eigenvalue weighted by atomic mass is 9.78. The number of carbonyl (C=O) groups excluding carboxylic acids is 1. The molecule has 2 saturated carbocycles. The third-order valence-corrected chi connectivity index (χ3v) is 8.20. The van der Waals surface area contributed by atoms with Crippen molar-refractivity contribution in [3.63, 3.8) is 0 Å². The van der Waals surface area contributed by atoms with Crippen molar-refractivity contribution >= 4 is 11.8 Å². The lowest BCUT2D eigenvalue weighted by Crippen LogP contribution is -2.54. The summed E-state index contributed by atoms with van der Waals surface area (Å²) in [4.78, 5) is 17.5. The summed E-state index contributed by atoms with van der Waals surface area (Å²) in [6.07, 6.45) is 8.99. The first kappa shape index (κ1) is 15.1. The summed E-state index contributed by atoms with van der Waals surface area (Å²) in [5.41, 5.74) is 2.51. The predicted octanol–water partition coefficient (Wildman–Crippen LogP) is 3.09. The molecule has 5 nitrogen and oxygen atoms in total. The molecule has 0 radical (unpaired) electrons. The molecule has 3 aliphatic heterocycles. The minimum absolute atomic E-state index is 0.0622. The van der Waals surface area contributed by atoms with Gasteiger partial charge in [-0.05, 0) is 55.4 Å². The summed E-state index contributed by atoms with van der Waals surface area (Å²) in [5.74, 6) is 1.39. The van der Waals surface area contributed by atoms with Crippen molar-refractivity contribution in [1.82, 2.24) is 4.90 Å². The Morgan fingerprint density at radius 2 is 2.12 bits per heavy atom. The normalized spacial score (nSPS) is 41.2. The Bertz CT molecular complexity index is 867. The molecular weight excluding hydrogens is 328 g/mol. The number of hydrogen-bond donors (Lipinski definition) is 0. The van der Waals surface area contributed by atoms with E-state index in [1.807, 2.05) is 17.0 Å². The summed E-state index contributed by atoms with van der Waals surface area (Å²) in [6, 6.07) is 6.19. The Labute approximate surface area is 153 Å². The second kappa shape index (κ2) is 4.45. The number of fused-ring (bicyclic) bond motifs is 1. The van der Waals surface area contributed by atoms with Gasteiger partial charge in [0.25, 0.3) is 0 Å². The number of hydrogen-bond acceptors (Lipinski definition) is 4. The Morgan fingerprint density at radius 3 is 2.92 bits per heavy atom. The molecule has 1 aromatic carbocycles. The number of methoxy groups -OCH3 is 2. The van der Waals surface area contributed by atoms with Crippen LogP contribution in [0.25, 0.3) is 0 Å². The maximum Gasteiger partial charge on any atom is 0.414 e. The number of benzene rings is 1. The van der Waals surface area contributed by atoms with Crippen LogP contribution < -0.4 is 9.64 Å². The van der Waals surface area contributed by atoms with E-state index in [-0.39, 0.29) is 22.6 Å². The first-order valence-electron chi connectivity index (χ1n) is 9.62. The van der Waals surface area contributed by atoms with E-state index in [0.717, 1.165) is 50.2 Å². The highest BCUT2D eigenvalue weighted by molar-refractivity contribution is 5.97. The highest BCUT2D eigenvalue weighted by Gasteiger charge is 2.86. The van der Waals surface area contributed by atoms with Crippen LogP contribution in [0, 0.1) is 5.92 Å². The van der Waals surface area contributed by atoms with E-state index in [2.05, 4.69) is 23.1 Å². The molecule has 0 N–H and O–H groups in total. The van der Waals surface area contributed by atoms with Gasteiger partial charge in [0.1, 0.15) is 5.75 Å². The molecule has 1 saturated heterocycles. The van der Waals surface area contributed by atoms with Crippen LogP contribution in [0.3, 0.4) is 0 Å². The van der Waals surface area contributed by atoms with Gasteiger partial charge in [0.05, 0.1) is 25.4 Å². The molecule has 2 aliphatic carbocycles.